The summed E-state index contributed by atoms with van der Waals surface area (Å²) in [5, 5.41) is 11.0. The van der Waals surface area contributed by atoms with Gasteiger partial charge < -0.3 is 9.84 Å². The lowest BCUT2D eigenvalue weighted by molar-refractivity contribution is 0.0288. The number of aliphatic hydroxyl groups excluding tert-OH is 1. The van der Waals surface area contributed by atoms with Crippen LogP contribution in [0.5, 0.6) is 0 Å². The van der Waals surface area contributed by atoms with Gasteiger partial charge in [-0.15, -0.1) is 0 Å². The summed E-state index contributed by atoms with van der Waals surface area (Å²) >= 11 is 0. The topological polar surface area (TPSA) is 32.7 Å². The Bertz CT molecular complexity index is 648. The molecule has 1 heterocycles. The number of aliphatic hydroxyl groups is 1. The molecule has 3 heteroatoms. The molecular weight excluding hydrogens is 298 g/mol. The Morgan fingerprint density at radius 3 is 2.17 bits per heavy atom. The van der Waals surface area contributed by atoms with Crippen LogP contribution < -0.4 is 0 Å². The maximum Gasteiger partial charge on any atom is 0.0661 e. The molecule has 2 aromatic rings. The second kappa shape index (κ2) is 7.06. The van der Waals surface area contributed by atoms with Crippen molar-refractivity contribution in [2.24, 2.45) is 0 Å². The molecule has 1 aliphatic carbocycles. The Kier molecular flexibility index (Phi) is 4.65. The van der Waals surface area contributed by atoms with Crippen LogP contribution in [0.25, 0.3) is 0 Å². The highest BCUT2D eigenvalue weighted by atomic mass is 16.5. The lowest BCUT2D eigenvalue weighted by Gasteiger charge is -2.33. The fraction of sp³-hybridized carbons (Fsp3) is 0.429. The van der Waals surface area contributed by atoms with E-state index in [0.717, 1.165) is 45.7 Å². The number of nitrogens with zero attached hydrogens (tertiary/aromatic N) is 1. The average Bonchev–Trinajstić information content (AvgIpc) is 2.65. The van der Waals surface area contributed by atoms with Gasteiger partial charge in [0.05, 0.1) is 19.3 Å². The summed E-state index contributed by atoms with van der Waals surface area (Å²) in [5.41, 5.74) is 5.30. The molecule has 4 rings (SSSR count). The molecule has 0 aromatic heterocycles. The first-order valence-electron chi connectivity index (χ1n) is 8.96. The van der Waals surface area contributed by atoms with Crippen LogP contribution in [0.2, 0.25) is 0 Å². The highest BCUT2D eigenvalue weighted by molar-refractivity contribution is 5.49. The standard InChI is InChI=1S/C21H25NO2/c23-20(9-10-22-11-13-24-14-12-22)21-18-7-3-1-5-16(18)15-17-6-2-4-8-19(17)21/h1-8,20-21,23H,9-15H2/t20-/m1/s1. The average molecular weight is 323 g/mol. The fourth-order valence-electron chi connectivity index (χ4n) is 4.09. The van der Waals surface area contributed by atoms with Gasteiger partial charge in [0.15, 0.2) is 0 Å². The molecule has 0 bridgehead atoms. The van der Waals surface area contributed by atoms with E-state index in [2.05, 4.69) is 53.4 Å². The Balaban J connectivity index is 1.57. The predicted molar refractivity (Wildman–Crippen MR) is 95.4 cm³/mol. The van der Waals surface area contributed by atoms with Crippen molar-refractivity contribution in [1.29, 1.82) is 0 Å². The van der Waals surface area contributed by atoms with Crippen LogP contribution in [0.1, 0.15) is 34.6 Å². The zero-order valence-electron chi connectivity index (χ0n) is 14.0. The SMILES string of the molecule is O[C@H](CCN1CCOCC1)C1c2ccccc2Cc2ccccc21. The third-order valence-electron chi connectivity index (χ3n) is 5.39. The lowest BCUT2D eigenvalue weighted by Crippen LogP contribution is -2.38. The number of hydrogen-bond acceptors (Lipinski definition) is 3. The minimum atomic E-state index is -0.351. The molecule has 0 spiro atoms. The zero-order valence-corrected chi connectivity index (χ0v) is 14.0. The number of rotatable bonds is 4. The van der Waals surface area contributed by atoms with E-state index in [1.54, 1.807) is 0 Å². The Morgan fingerprint density at radius 2 is 1.54 bits per heavy atom. The zero-order chi connectivity index (χ0) is 16.4. The van der Waals surface area contributed by atoms with Gasteiger partial charge in [0.2, 0.25) is 0 Å². The van der Waals surface area contributed by atoms with Crippen LogP contribution in [0.15, 0.2) is 48.5 Å². The normalized spacial score (nSPS) is 19.5. The maximum absolute atomic E-state index is 11.0. The molecule has 1 saturated heterocycles. The van der Waals surface area contributed by atoms with E-state index in [1.165, 1.54) is 22.3 Å². The first-order chi connectivity index (χ1) is 11.8. The van der Waals surface area contributed by atoms with Crippen LogP contribution in [0.4, 0.5) is 0 Å². The summed E-state index contributed by atoms with van der Waals surface area (Å²) in [4.78, 5) is 2.40. The highest BCUT2D eigenvalue weighted by Crippen LogP contribution is 2.39. The molecule has 1 N–H and O–H groups in total. The lowest BCUT2D eigenvalue weighted by atomic mass is 9.75. The van der Waals surface area contributed by atoms with Crippen molar-refractivity contribution in [2.75, 3.05) is 32.8 Å². The van der Waals surface area contributed by atoms with Gasteiger partial charge >= 0.3 is 0 Å². The van der Waals surface area contributed by atoms with E-state index in [0.29, 0.717) is 0 Å². The molecule has 2 aliphatic rings. The Hall–Kier alpha value is -1.68. The van der Waals surface area contributed by atoms with E-state index in [1.807, 2.05) is 0 Å². The number of fused-ring (bicyclic) bond motifs is 2. The molecule has 0 unspecified atom stereocenters. The van der Waals surface area contributed by atoms with Gasteiger partial charge in [-0.1, -0.05) is 48.5 Å². The van der Waals surface area contributed by atoms with Gasteiger partial charge in [-0.25, -0.2) is 0 Å². The summed E-state index contributed by atoms with van der Waals surface area (Å²) in [6.07, 6.45) is 1.42. The van der Waals surface area contributed by atoms with Gasteiger partial charge in [-0.3, -0.25) is 4.90 Å². The van der Waals surface area contributed by atoms with Crippen LogP contribution in [0, 0.1) is 0 Å². The van der Waals surface area contributed by atoms with Crippen LogP contribution >= 0.6 is 0 Å². The minimum absolute atomic E-state index is 0.0900. The summed E-state index contributed by atoms with van der Waals surface area (Å²) in [6.45, 7) is 4.51. The smallest absolute Gasteiger partial charge is 0.0661 e. The van der Waals surface area contributed by atoms with Crippen molar-refractivity contribution < 1.29 is 9.84 Å². The van der Waals surface area contributed by atoms with Crippen molar-refractivity contribution in [3.8, 4) is 0 Å². The molecule has 0 saturated carbocycles. The van der Waals surface area contributed by atoms with Crippen molar-refractivity contribution in [3.05, 3.63) is 70.8 Å². The molecule has 3 nitrogen and oxygen atoms in total. The fourth-order valence-corrected chi connectivity index (χ4v) is 4.09. The van der Waals surface area contributed by atoms with Crippen molar-refractivity contribution >= 4 is 0 Å². The summed E-state index contributed by atoms with van der Waals surface area (Å²) in [7, 11) is 0. The van der Waals surface area contributed by atoms with E-state index >= 15 is 0 Å². The van der Waals surface area contributed by atoms with Gasteiger partial charge in [-0.05, 0) is 35.1 Å². The van der Waals surface area contributed by atoms with Gasteiger partial charge in [0.25, 0.3) is 0 Å². The molecule has 0 radical (unpaired) electrons. The van der Waals surface area contributed by atoms with Gasteiger partial charge in [0, 0.05) is 25.6 Å². The second-order valence-corrected chi connectivity index (χ2v) is 6.86. The molecular formula is C21H25NO2. The third kappa shape index (κ3) is 3.12. The van der Waals surface area contributed by atoms with Crippen LogP contribution in [-0.2, 0) is 11.2 Å². The molecule has 1 fully saturated rings. The number of benzene rings is 2. The molecule has 126 valence electrons. The molecule has 2 aromatic carbocycles. The van der Waals surface area contributed by atoms with E-state index in [4.69, 9.17) is 4.74 Å². The van der Waals surface area contributed by atoms with E-state index < -0.39 is 0 Å². The largest absolute Gasteiger partial charge is 0.392 e. The third-order valence-corrected chi connectivity index (χ3v) is 5.39. The minimum Gasteiger partial charge on any atom is -0.392 e. The number of morpholine rings is 1. The van der Waals surface area contributed by atoms with Crippen molar-refractivity contribution in [1.82, 2.24) is 4.90 Å². The number of ether oxygens (including phenoxy) is 1. The van der Waals surface area contributed by atoms with Crippen molar-refractivity contribution in [3.63, 3.8) is 0 Å². The second-order valence-electron chi connectivity index (χ2n) is 6.86. The molecule has 0 amide bonds. The molecule has 24 heavy (non-hydrogen) atoms. The van der Waals surface area contributed by atoms with E-state index in [-0.39, 0.29) is 12.0 Å². The maximum atomic E-state index is 11.0. The monoisotopic (exact) mass is 323 g/mol. The Labute approximate surface area is 143 Å². The Morgan fingerprint density at radius 1 is 0.958 bits per heavy atom. The van der Waals surface area contributed by atoms with E-state index in [9.17, 15) is 5.11 Å². The molecule has 1 aliphatic heterocycles. The van der Waals surface area contributed by atoms with Crippen LogP contribution in [-0.4, -0.2) is 49.0 Å². The predicted octanol–water partition coefficient (Wildman–Crippen LogP) is 2.81. The highest BCUT2D eigenvalue weighted by Gasteiger charge is 2.30. The summed E-state index contributed by atoms with van der Waals surface area (Å²) < 4.78 is 5.41. The summed E-state index contributed by atoms with van der Waals surface area (Å²) in [6, 6.07) is 17.2. The van der Waals surface area contributed by atoms with Gasteiger partial charge in [-0.2, -0.15) is 0 Å². The first kappa shape index (κ1) is 15.8. The van der Waals surface area contributed by atoms with Crippen molar-refractivity contribution in [2.45, 2.75) is 24.9 Å². The summed E-state index contributed by atoms with van der Waals surface area (Å²) in [5.74, 6) is 0.0900. The van der Waals surface area contributed by atoms with Crippen LogP contribution in [0.3, 0.4) is 0 Å². The molecule has 1 atom stereocenters. The van der Waals surface area contributed by atoms with Gasteiger partial charge in [0.1, 0.15) is 0 Å². The quantitative estimate of drug-likeness (QED) is 0.939. The number of hydrogen-bond donors (Lipinski definition) is 1. The first-order valence-corrected chi connectivity index (χ1v) is 8.96.